The van der Waals surface area contributed by atoms with Gasteiger partial charge < -0.3 is 14.8 Å². The number of nitrogens with zero attached hydrogens (tertiary/aromatic N) is 1. The van der Waals surface area contributed by atoms with Crippen molar-refractivity contribution in [1.82, 2.24) is 9.62 Å². The van der Waals surface area contributed by atoms with Crippen LogP contribution in [0, 0.1) is 5.92 Å². The van der Waals surface area contributed by atoms with Crippen LogP contribution in [0.2, 0.25) is 10.0 Å². The van der Waals surface area contributed by atoms with Gasteiger partial charge in [0.05, 0.1) is 19.2 Å². The zero-order valence-electron chi connectivity index (χ0n) is 17.2. The van der Waals surface area contributed by atoms with Gasteiger partial charge in [-0.1, -0.05) is 29.3 Å². The van der Waals surface area contributed by atoms with E-state index in [1.807, 2.05) is 12.1 Å². The average molecular weight is 487 g/mol. The number of piperidine rings is 1. The smallest absolute Gasteiger partial charge is 0.244 e. The topological polar surface area (TPSA) is 84.9 Å². The maximum atomic E-state index is 12.9. The van der Waals surface area contributed by atoms with E-state index in [0.29, 0.717) is 35.9 Å². The van der Waals surface area contributed by atoms with Crippen LogP contribution in [0.4, 0.5) is 0 Å². The van der Waals surface area contributed by atoms with Crippen LogP contribution in [0.1, 0.15) is 18.4 Å². The van der Waals surface area contributed by atoms with Crippen LogP contribution in [0.25, 0.3) is 0 Å². The molecule has 0 bridgehead atoms. The molecule has 0 aliphatic carbocycles. The number of rotatable bonds is 7. The van der Waals surface area contributed by atoms with Crippen LogP contribution in [-0.2, 0) is 21.4 Å². The zero-order chi connectivity index (χ0) is 22.6. The van der Waals surface area contributed by atoms with E-state index in [9.17, 15) is 13.2 Å². The molecular weight excluding hydrogens is 463 g/mol. The number of halogens is 2. The number of methoxy groups -OCH3 is 2. The Morgan fingerprint density at radius 2 is 1.74 bits per heavy atom. The standard InChI is InChI=1S/C21H24Cl2N2O5S/c1-29-18-6-3-14(11-19(18)30-2)13-24-21(26)15-7-9-25(10-8-15)31(27,28)20-12-16(22)4-5-17(20)23/h3-6,11-12,15H,7-10,13H2,1-2H3,(H,24,26). The predicted octanol–water partition coefficient (Wildman–Crippen LogP) is 3.73. The van der Waals surface area contributed by atoms with E-state index in [2.05, 4.69) is 5.32 Å². The van der Waals surface area contributed by atoms with Gasteiger partial charge in [-0.25, -0.2) is 8.42 Å². The molecule has 1 N–H and O–H groups in total. The average Bonchev–Trinajstić information content (AvgIpc) is 2.78. The molecular formula is C21H24Cl2N2O5S. The molecule has 1 heterocycles. The van der Waals surface area contributed by atoms with Crippen LogP contribution in [-0.4, -0.2) is 45.9 Å². The molecule has 31 heavy (non-hydrogen) atoms. The summed E-state index contributed by atoms with van der Waals surface area (Å²) in [4.78, 5) is 12.6. The fourth-order valence-corrected chi connectivity index (χ4v) is 5.70. The number of ether oxygens (including phenoxy) is 2. The van der Waals surface area contributed by atoms with Crippen molar-refractivity contribution in [1.29, 1.82) is 0 Å². The number of nitrogens with one attached hydrogen (secondary N) is 1. The molecule has 1 aliphatic rings. The number of hydrogen-bond acceptors (Lipinski definition) is 5. The third-order valence-electron chi connectivity index (χ3n) is 5.25. The zero-order valence-corrected chi connectivity index (χ0v) is 19.6. The summed E-state index contributed by atoms with van der Waals surface area (Å²) in [6, 6.07) is 9.80. The minimum absolute atomic E-state index is 0.0157. The molecule has 0 spiro atoms. The Morgan fingerprint density at radius 3 is 2.39 bits per heavy atom. The summed E-state index contributed by atoms with van der Waals surface area (Å²) in [5.41, 5.74) is 0.876. The van der Waals surface area contributed by atoms with E-state index in [0.717, 1.165) is 5.56 Å². The van der Waals surface area contributed by atoms with Crippen molar-refractivity contribution in [2.24, 2.45) is 5.92 Å². The lowest BCUT2D eigenvalue weighted by molar-refractivity contribution is -0.126. The Hall–Kier alpha value is -2.00. The number of hydrogen-bond donors (Lipinski definition) is 1. The van der Waals surface area contributed by atoms with E-state index in [-0.39, 0.29) is 34.8 Å². The van der Waals surface area contributed by atoms with Gasteiger partial charge in [0.2, 0.25) is 15.9 Å². The monoisotopic (exact) mass is 486 g/mol. The molecule has 2 aromatic rings. The Balaban J connectivity index is 1.58. The summed E-state index contributed by atoms with van der Waals surface area (Å²) >= 11 is 12.0. The van der Waals surface area contributed by atoms with Crippen molar-refractivity contribution in [3.05, 3.63) is 52.0 Å². The molecule has 0 saturated carbocycles. The van der Waals surface area contributed by atoms with Crippen LogP contribution in [0.5, 0.6) is 11.5 Å². The molecule has 1 saturated heterocycles. The van der Waals surface area contributed by atoms with Gasteiger partial charge in [0, 0.05) is 30.6 Å². The van der Waals surface area contributed by atoms with E-state index >= 15 is 0 Å². The molecule has 0 unspecified atom stereocenters. The second-order valence-corrected chi connectivity index (χ2v) is 9.91. The lowest BCUT2D eigenvalue weighted by Gasteiger charge is -2.30. The van der Waals surface area contributed by atoms with Gasteiger partial charge in [-0.3, -0.25) is 4.79 Å². The van der Waals surface area contributed by atoms with Crippen molar-refractivity contribution in [3.63, 3.8) is 0 Å². The first-order valence-corrected chi connectivity index (χ1v) is 11.9. The first-order chi connectivity index (χ1) is 14.8. The van der Waals surface area contributed by atoms with E-state index < -0.39 is 10.0 Å². The first kappa shape index (κ1) is 23.7. The van der Waals surface area contributed by atoms with Crippen LogP contribution in [0.3, 0.4) is 0 Å². The molecule has 1 fully saturated rings. The van der Waals surface area contributed by atoms with Gasteiger partial charge in [-0.15, -0.1) is 0 Å². The van der Waals surface area contributed by atoms with Gasteiger partial charge in [0.1, 0.15) is 4.90 Å². The van der Waals surface area contributed by atoms with Gasteiger partial charge in [0.25, 0.3) is 0 Å². The molecule has 1 amide bonds. The second kappa shape index (κ2) is 10.1. The number of benzene rings is 2. The first-order valence-electron chi connectivity index (χ1n) is 9.70. The van der Waals surface area contributed by atoms with E-state index in [1.165, 1.54) is 22.5 Å². The summed E-state index contributed by atoms with van der Waals surface area (Å²) in [5.74, 6) is 0.840. The van der Waals surface area contributed by atoms with Gasteiger partial charge in [-0.05, 0) is 48.7 Å². The molecule has 2 aromatic carbocycles. The highest BCUT2D eigenvalue weighted by atomic mass is 35.5. The van der Waals surface area contributed by atoms with Crippen molar-refractivity contribution in [2.45, 2.75) is 24.3 Å². The summed E-state index contributed by atoms with van der Waals surface area (Å²) in [6.07, 6.45) is 0.852. The van der Waals surface area contributed by atoms with Gasteiger partial charge in [-0.2, -0.15) is 4.31 Å². The minimum Gasteiger partial charge on any atom is -0.493 e. The fourth-order valence-electron chi connectivity index (χ4n) is 3.50. The summed E-state index contributed by atoms with van der Waals surface area (Å²) in [7, 11) is -0.659. The van der Waals surface area contributed by atoms with Gasteiger partial charge >= 0.3 is 0 Å². The molecule has 1 aliphatic heterocycles. The summed E-state index contributed by atoms with van der Waals surface area (Å²) in [6.45, 7) is 0.815. The molecule has 7 nitrogen and oxygen atoms in total. The van der Waals surface area contributed by atoms with Crippen molar-refractivity contribution >= 4 is 39.1 Å². The summed E-state index contributed by atoms with van der Waals surface area (Å²) in [5, 5.41) is 3.34. The molecule has 0 atom stereocenters. The highest BCUT2D eigenvalue weighted by Crippen LogP contribution is 2.31. The number of sulfonamides is 1. The molecule has 3 rings (SSSR count). The Bertz CT molecular complexity index is 1050. The van der Waals surface area contributed by atoms with E-state index in [1.54, 1.807) is 20.3 Å². The molecule has 10 heteroatoms. The van der Waals surface area contributed by atoms with Crippen LogP contribution in [0.15, 0.2) is 41.3 Å². The highest BCUT2D eigenvalue weighted by Gasteiger charge is 2.33. The molecule has 0 aromatic heterocycles. The van der Waals surface area contributed by atoms with Crippen LogP contribution < -0.4 is 14.8 Å². The fraction of sp³-hybridized carbons (Fsp3) is 0.381. The van der Waals surface area contributed by atoms with Crippen molar-refractivity contribution < 1.29 is 22.7 Å². The Kier molecular flexibility index (Phi) is 7.69. The Labute approximate surface area is 192 Å². The quantitative estimate of drug-likeness (QED) is 0.644. The third-order valence-corrected chi connectivity index (χ3v) is 7.87. The normalized spacial score (nSPS) is 15.5. The predicted molar refractivity (Wildman–Crippen MR) is 119 cm³/mol. The van der Waals surface area contributed by atoms with Crippen LogP contribution >= 0.6 is 23.2 Å². The molecule has 0 radical (unpaired) electrons. The lowest BCUT2D eigenvalue weighted by atomic mass is 9.97. The van der Waals surface area contributed by atoms with E-state index in [4.69, 9.17) is 32.7 Å². The highest BCUT2D eigenvalue weighted by molar-refractivity contribution is 7.89. The minimum atomic E-state index is -3.77. The third kappa shape index (κ3) is 5.44. The van der Waals surface area contributed by atoms with Crippen molar-refractivity contribution in [3.8, 4) is 11.5 Å². The summed E-state index contributed by atoms with van der Waals surface area (Å²) < 4.78 is 37.7. The lowest BCUT2D eigenvalue weighted by Crippen LogP contribution is -2.42. The number of carbonyl (C=O) groups excluding carboxylic acids is 1. The maximum absolute atomic E-state index is 12.9. The Morgan fingerprint density at radius 1 is 1.06 bits per heavy atom. The number of amides is 1. The second-order valence-electron chi connectivity index (χ2n) is 7.16. The van der Waals surface area contributed by atoms with Gasteiger partial charge in [0.15, 0.2) is 11.5 Å². The number of carbonyl (C=O) groups is 1. The maximum Gasteiger partial charge on any atom is 0.244 e. The largest absolute Gasteiger partial charge is 0.493 e. The van der Waals surface area contributed by atoms with Crippen molar-refractivity contribution in [2.75, 3.05) is 27.3 Å². The molecule has 168 valence electrons. The SMILES string of the molecule is COc1ccc(CNC(=O)C2CCN(S(=O)(=O)c3cc(Cl)ccc3Cl)CC2)cc1OC.